The summed E-state index contributed by atoms with van der Waals surface area (Å²) in [6.07, 6.45) is 2.42. The SMILES string of the molecule is COc1cc2c(cc1Nc1ncc(C(N)=O)c(Nc3c(C)cccc3C)n1)CN(C)CC2. The third kappa shape index (κ3) is 4.36. The third-order valence-corrected chi connectivity index (χ3v) is 5.75. The van der Waals surface area contributed by atoms with Gasteiger partial charge in [0.2, 0.25) is 5.95 Å². The molecule has 4 N–H and O–H groups in total. The number of nitrogens with one attached hydrogen (secondary N) is 2. The standard InChI is InChI=1S/C24H28N6O2/c1-14-6-5-7-15(2)21(14)28-23-18(22(25)31)12-26-24(29-23)27-19-10-17-13-30(3)9-8-16(17)11-20(19)32-4/h5-7,10-12H,8-9,13H2,1-4H3,(H2,25,31)(H2,26,27,28,29). The molecule has 0 radical (unpaired) electrons. The topological polar surface area (TPSA) is 105 Å². The Morgan fingerprint density at radius 3 is 2.59 bits per heavy atom. The molecular weight excluding hydrogens is 404 g/mol. The first kappa shape index (κ1) is 21.6. The molecule has 32 heavy (non-hydrogen) atoms. The Labute approximate surface area is 187 Å². The third-order valence-electron chi connectivity index (χ3n) is 5.75. The fourth-order valence-corrected chi connectivity index (χ4v) is 3.96. The normalized spacial score (nSPS) is 13.4. The van der Waals surface area contributed by atoms with Crippen LogP contribution in [0.4, 0.5) is 23.1 Å². The van der Waals surface area contributed by atoms with Gasteiger partial charge in [0.1, 0.15) is 17.1 Å². The summed E-state index contributed by atoms with van der Waals surface area (Å²) in [6, 6.07) is 10.1. The highest BCUT2D eigenvalue weighted by molar-refractivity contribution is 5.98. The van der Waals surface area contributed by atoms with E-state index in [1.54, 1.807) is 7.11 Å². The van der Waals surface area contributed by atoms with Gasteiger partial charge in [0.25, 0.3) is 5.91 Å². The Morgan fingerprint density at radius 1 is 1.16 bits per heavy atom. The highest BCUT2D eigenvalue weighted by Gasteiger charge is 2.19. The van der Waals surface area contributed by atoms with Crippen LogP contribution in [0.2, 0.25) is 0 Å². The number of para-hydroxylation sites is 1. The smallest absolute Gasteiger partial charge is 0.254 e. The zero-order valence-corrected chi connectivity index (χ0v) is 18.8. The van der Waals surface area contributed by atoms with Crippen molar-refractivity contribution >= 4 is 29.0 Å². The van der Waals surface area contributed by atoms with E-state index in [9.17, 15) is 4.79 Å². The molecule has 8 nitrogen and oxygen atoms in total. The van der Waals surface area contributed by atoms with Gasteiger partial charge < -0.3 is 26.0 Å². The van der Waals surface area contributed by atoms with E-state index in [0.717, 1.165) is 47.8 Å². The predicted molar refractivity (Wildman–Crippen MR) is 126 cm³/mol. The van der Waals surface area contributed by atoms with Crippen molar-refractivity contribution in [3.63, 3.8) is 0 Å². The first-order valence-corrected chi connectivity index (χ1v) is 10.5. The molecule has 2 aromatic carbocycles. The maximum Gasteiger partial charge on any atom is 0.254 e. The number of methoxy groups -OCH3 is 1. The number of hydrogen-bond acceptors (Lipinski definition) is 7. The van der Waals surface area contributed by atoms with Crippen LogP contribution in [0.15, 0.2) is 36.5 Å². The van der Waals surface area contributed by atoms with Crippen LogP contribution < -0.4 is 21.1 Å². The van der Waals surface area contributed by atoms with Crippen LogP contribution in [0, 0.1) is 13.8 Å². The molecule has 0 saturated carbocycles. The molecule has 0 fully saturated rings. The summed E-state index contributed by atoms with van der Waals surface area (Å²) in [6.45, 7) is 5.88. The second-order valence-electron chi connectivity index (χ2n) is 8.15. The maximum atomic E-state index is 12.0. The monoisotopic (exact) mass is 432 g/mol. The van der Waals surface area contributed by atoms with E-state index in [4.69, 9.17) is 10.5 Å². The first-order valence-electron chi connectivity index (χ1n) is 10.5. The van der Waals surface area contributed by atoms with Gasteiger partial charge in [-0.05, 0) is 61.7 Å². The molecule has 4 rings (SSSR count). The van der Waals surface area contributed by atoms with Crippen LogP contribution >= 0.6 is 0 Å². The van der Waals surface area contributed by atoms with Crippen LogP contribution in [0.5, 0.6) is 5.75 Å². The number of carbonyl (C=O) groups excluding carboxylic acids is 1. The minimum absolute atomic E-state index is 0.220. The van der Waals surface area contributed by atoms with Gasteiger partial charge in [-0.1, -0.05) is 18.2 Å². The summed E-state index contributed by atoms with van der Waals surface area (Å²) < 4.78 is 5.61. The highest BCUT2D eigenvalue weighted by atomic mass is 16.5. The zero-order valence-electron chi connectivity index (χ0n) is 18.8. The zero-order chi connectivity index (χ0) is 22.8. The van der Waals surface area contributed by atoms with Gasteiger partial charge in [0, 0.05) is 25.0 Å². The largest absolute Gasteiger partial charge is 0.495 e. The number of carbonyl (C=O) groups is 1. The van der Waals surface area contributed by atoms with Gasteiger partial charge in [-0.15, -0.1) is 0 Å². The van der Waals surface area contributed by atoms with Crippen molar-refractivity contribution in [3.05, 3.63) is 64.3 Å². The maximum absolute atomic E-state index is 12.0. The number of nitrogens with zero attached hydrogens (tertiary/aromatic N) is 3. The Hall–Kier alpha value is -3.65. The number of ether oxygens (including phenoxy) is 1. The lowest BCUT2D eigenvalue weighted by molar-refractivity contribution is 0.100. The van der Waals surface area contributed by atoms with Crippen LogP contribution in [-0.2, 0) is 13.0 Å². The Kier molecular flexibility index (Phi) is 5.96. The minimum atomic E-state index is -0.598. The molecule has 0 spiro atoms. The molecule has 0 aliphatic carbocycles. The van der Waals surface area contributed by atoms with E-state index >= 15 is 0 Å². The average Bonchev–Trinajstić information content (AvgIpc) is 2.76. The van der Waals surface area contributed by atoms with Gasteiger partial charge in [0.05, 0.1) is 12.8 Å². The van der Waals surface area contributed by atoms with Gasteiger partial charge in [0.15, 0.2) is 0 Å². The number of likely N-dealkylation sites (N-methyl/N-ethyl adjacent to an activating group) is 1. The lowest BCUT2D eigenvalue weighted by atomic mass is 9.99. The molecule has 0 saturated heterocycles. The first-order chi connectivity index (χ1) is 15.4. The number of benzene rings is 2. The van der Waals surface area contributed by atoms with Gasteiger partial charge in [-0.3, -0.25) is 4.79 Å². The fraction of sp³-hybridized carbons (Fsp3) is 0.292. The van der Waals surface area contributed by atoms with Crippen molar-refractivity contribution < 1.29 is 9.53 Å². The number of aromatic nitrogens is 2. The number of amides is 1. The Balaban J connectivity index is 1.70. The summed E-state index contributed by atoms with van der Waals surface area (Å²) in [5, 5.41) is 6.52. The quantitative estimate of drug-likeness (QED) is 0.546. The predicted octanol–water partition coefficient (Wildman–Crippen LogP) is 3.68. The van der Waals surface area contributed by atoms with Crippen LogP contribution in [0.3, 0.4) is 0 Å². The van der Waals surface area contributed by atoms with Crippen molar-refractivity contribution in [1.82, 2.24) is 14.9 Å². The molecule has 1 aromatic heterocycles. The molecule has 1 aliphatic heterocycles. The average molecular weight is 433 g/mol. The summed E-state index contributed by atoms with van der Waals surface area (Å²) >= 11 is 0. The molecule has 8 heteroatoms. The summed E-state index contributed by atoms with van der Waals surface area (Å²) in [4.78, 5) is 23.2. The van der Waals surface area contributed by atoms with Crippen molar-refractivity contribution in [3.8, 4) is 5.75 Å². The summed E-state index contributed by atoms with van der Waals surface area (Å²) in [5.41, 5.74) is 12.0. The van der Waals surface area contributed by atoms with E-state index in [1.807, 2.05) is 32.0 Å². The molecule has 2 heterocycles. The number of rotatable bonds is 6. The molecular formula is C24H28N6O2. The molecule has 0 unspecified atom stereocenters. The van der Waals surface area contributed by atoms with Crippen molar-refractivity contribution in [2.45, 2.75) is 26.8 Å². The second-order valence-corrected chi connectivity index (χ2v) is 8.15. The number of fused-ring (bicyclic) bond motifs is 1. The summed E-state index contributed by atoms with van der Waals surface area (Å²) in [7, 11) is 3.75. The van der Waals surface area contributed by atoms with E-state index in [2.05, 4.69) is 44.7 Å². The Bertz CT molecular complexity index is 1160. The molecule has 166 valence electrons. The van der Waals surface area contributed by atoms with Crippen LogP contribution in [0.1, 0.15) is 32.6 Å². The molecule has 1 amide bonds. The van der Waals surface area contributed by atoms with Gasteiger partial charge in [-0.25, -0.2) is 4.98 Å². The van der Waals surface area contributed by atoms with Crippen LogP contribution in [-0.4, -0.2) is 41.5 Å². The van der Waals surface area contributed by atoms with Gasteiger partial charge in [-0.2, -0.15) is 4.98 Å². The van der Waals surface area contributed by atoms with E-state index in [1.165, 1.54) is 17.3 Å². The summed E-state index contributed by atoms with van der Waals surface area (Å²) in [5.74, 6) is 0.815. The van der Waals surface area contributed by atoms with Crippen molar-refractivity contribution in [2.75, 3.05) is 31.3 Å². The Morgan fingerprint density at radius 2 is 1.91 bits per heavy atom. The van der Waals surface area contributed by atoms with Crippen LogP contribution in [0.25, 0.3) is 0 Å². The molecule has 3 aromatic rings. The molecule has 1 aliphatic rings. The number of anilines is 4. The van der Waals surface area contributed by atoms with E-state index in [0.29, 0.717) is 11.8 Å². The second kappa shape index (κ2) is 8.84. The van der Waals surface area contributed by atoms with Crippen molar-refractivity contribution in [2.24, 2.45) is 5.73 Å². The minimum Gasteiger partial charge on any atom is -0.495 e. The van der Waals surface area contributed by atoms with Gasteiger partial charge >= 0.3 is 0 Å². The van der Waals surface area contributed by atoms with E-state index < -0.39 is 5.91 Å². The molecule has 0 atom stereocenters. The number of primary amides is 1. The number of aryl methyl sites for hydroxylation is 2. The number of nitrogens with two attached hydrogens (primary N) is 1. The molecule has 0 bridgehead atoms. The van der Waals surface area contributed by atoms with E-state index in [-0.39, 0.29) is 5.56 Å². The number of hydrogen-bond donors (Lipinski definition) is 3. The highest BCUT2D eigenvalue weighted by Crippen LogP contribution is 2.33. The lowest BCUT2D eigenvalue weighted by Crippen LogP contribution is -2.26. The lowest BCUT2D eigenvalue weighted by Gasteiger charge is -2.26. The van der Waals surface area contributed by atoms with Crippen molar-refractivity contribution in [1.29, 1.82) is 0 Å². The fourth-order valence-electron chi connectivity index (χ4n) is 3.96.